The summed E-state index contributed by atoms with van der Waals surface area (Å²) in [7, 11) is 0. The quantitative estimate of drug-likeness (QED) is 0.0359. The third-order valence-corrected chi connectivity index (χ3v) is 12.9. The molecule has 2 aromatic carbocycles. The number of halogens is 1. The van der Waals surface area contributed by atoms with Gasteiger partial charge in [-0.3, -0.25) is 57.9 Å². The van der Waals surface area contributed by atoms with Crippen LogP contribution in [0, 0.1) is 17.7 Å². The number of amides is 8. The number of aliphatic imine (C=N–C) groups is 2. The van der Waals surface area contributed by atoms with E-state index in [0.29, 0.717) is 5.56 Å². The number of hydrogen-bond donors (Lipinski definition) is 13. The molecule has 1 aliphatic heterocycles. The molecule has 4 rings (SSSR count). The fourth-order valence-electron chi connectivity index (χ4n) is 8.80. The summed E-state index contributed by atoms with van der Waals surface area (Å²) in [5, 5.41) is 16.3. The molecule has 8 amide bonds. The first-order valence-electron chi connectivity index (χ1n) is 25.4. The van der Waals surface area contributed by atoms with Crippen molar-refractivity contribution in [2.75, 3.05) is 19.6 Å². The maximum atomic E-state index is 15.4. The molecule has 1 aliphatic rings. The minimum Gasteiger partial charge on any atom is -0.370 e. The van der Waals surface area contributed by atoms with Crippen LogP contribution in [0.4, 0.5) is 4.39 Å². The Balaban J connectivity index is 1.80. The van der Waals surface area contributed by atoms with Gasteiger partial charge in [-0.1, -0.05) is 36.4 Å². The molecule has 0 unspecified atom stereocenters. The monoisotopic (exact) mass is 1070 g/mol. The van der Waals surface area contributed by atoms with Crippen molar-refractivity contribution in [1.29, 1.82) is 0 Å². The highest BCUT2D eigenvalue weighted by molar-refractivity contribution is 5.98. The molecule has 1 aromatic heterocycles. The van der Waals surface area contributed by atoms with Gasteiger partial charge < -0.3 is 71.3 Å². The Labute approximate surface area is 444 Å². The molecule has 0 spiro atoms. The number of ketones is 2. The number of guanidine groups is 2. The van der Waals surface area contributed by atoms with Gasteiger partial charge >= 0.3 is 0 Å². The Morgan fingerprint density at radius 1 is 0.727 bits per heavy atom. The molecule has 0 aliphatic carbocycles. The smallest absolute Gasteiger partial charge is 0.243 e. The lowest BCUT2D eigenvalue weighted by molar-refractivity contribution is -0.136. The van der Waals surface area contributed by atoms with Crippen molar-refractivity contribution in [3.05, 3.63) is 71.7 Å². The standard InChI is InChI=1S/C51H72FN15O10/c1-28(68)63-37(15-8-22-61-51(57)58)47(75)66-39-17-19-44(72)59-20-7-14-36(45(54)73)64-46(74)31(23-32-27-62-35-13-5-3-11-33(32)35)26-41(69)30(10-6-21-60-50(55)56)25-42(70)40(24-29-9-2-4-12-34(29)52)67-49(77)38(65-48(39)76)16-18-43(53)71/h2-5,9,11-13,27,30-31,36-40,62H,6-8,10,14-26H2,1H3,(H2,53,71)(H2,54,73)(H,59,72)(H,63,68)(H,64,74)(H,65,76)(H,66,75)(H,67,77)(H4,55,56,60)(H4,57,58,61)/t30-,31-,36+,37+,38+,39+,40-/m1/s1. The third-order valence-electron chi connectivity index (χ3n) is 12.9. The molecule has 1 fully saturated rings. The van der Waals surface area contributed by atoms with Crippen molar-refractivity contribution in [1.82, 2.24) is 36.9 Å². The van der Waals surface area contributed by atoms with E-state index in [4.69, 9.17) is 34.4 Å². The summed E-state index contributed by atoms with van der Waals surface area (Å²) in [5.41, 5.74) is 34.7. The number of carbonyl (C=O) groups excluding carboxylic acids is 10. The average Bonchev–Trinajstić information content (AvgIpc) is 3.79. The van der Waals surface area contributed by atoms with Gasteiger partial charge in [-0.15, -0.1) is 0 Å². The maximum Gasteiger partial charge on any atom is 0.243 e. The molecule has 0 bridgehead atoms. The van der Waals surface area contributed by atoms with Gasteiger partial charge in [0.1, 0.15) is 35.8 Å². The number of carbonyl (C=O) groups is 10. The van der Waals surface area contributed by atoms with Crippen molar-refractivity contribution in [3.8, 4) is 0 Å². The second-order valence-corrected chi connectivity index (χ2v) is 18.9. The van der Waals surface area contributed by atoms with E-state index in [0.717, 1.165) is 17.0 Å². The number of Topliss-reactive ketones (excluding diaryl/α,β-unsaturated/α-hetero) is 2. The van der Waals surface area contributed by atoms with Gasteiger partial charge in [-0.25, -0.2) is 4.39 Å². The predicted molar refractivity (Wildman–Crippen MR) is 283 cm³/mol. The van der Waals surface area contributed by atoms with Crippen LogP contribution in [0.2, 0.25) is 0 Å². The van der Waals surface area contributed by atoms with Gasteiger partial charge in [-0.2, -0.15) is 0 Å². The minimum absolute atomic E-state index is 0.00168. The van der Waals surface area contributed by atoms with Crippen LogP contribution in [0.15, 0.2) is 64.7 Å². The molecule has 0 saturated carbocycles. The lowest BCUT2D eigenvalue weighted by Crippen LogP contribution is -2.58. The van der Waals surface area contributed by atoms with Crippen LogP contribution >= 0.6 is 0 Å². The zero-order valence-electron chi connectivity index (χ0n) is 43.1. The van der Waals surface area contributed by atoms with E-state index >= 15 is 4.39 Å². The normalized spacial score (nSPS) is 21.0. The largest absolute Gasteiger partial charge is 0.370 e. The van der Waals surface area contributed by atoms with E-state index in [2.05, 4.69) is 46.9 Å². The van der Waals surface area contributed by atoms with E-state index in [9.17, 15) is 47.9 Å². The number of para-hydroxylation sites is 1. The minimum atomic E-state index is -1.65. The number of aromatic nitrogens is 1. The molecule has 77 heavy (non-hydrogen) atoms. The summed E-state index contributed by atoms with van der Waals surface area (Å²) in [6, 6.07) is 5.42. The first kappa shape index (κ1) is 61.1. The predicted octanol–water partition coefficient (Wildman–Crippen LogP) is -1.76. The van der Waals surface area contributed by atoms with Crippen molar-refractivity contribution >= 4 is 81.6 Å². The molecular formula is C51H72FN15O10. The van der Waals surface area contributed by atoms with Crippen LogP contribution in [0.1, 0.15) is 95.1 Å². The molecule has 25 nitrogen and oxygen atoms in total. The summed E-state index contributed by atoms with van der Waals surface area (Å²) in [4.78, 5) is 148. The summed E-state index contributed by atoms with van der Waals surface area (Å²) in [6.45, 7) is 1.26. The van der Waals surface area contributed by atoms with Crippen LogP contribution in [-0.4, -0.2) is 126 Å². The SMILES string of the molecule is CC(=O)N[C@@H](CCCN=C(N)N)C(=O)N[C@H]1CCC(=O)NCCC[C@@H](C(N)=O)NC(=O)[C@H](Cc2c[nH]c3ccccc23)CC(=O)[C@H](CCCN=C(N)N)CC(=O)[C@@H](Cc2ccccc2F)NC(=O)[C@H](CCC(N)=O)NC1=O. The number of primary amides is 2. The Morgan fingerprint density at radius 2 is 1.39 bits per heavy atom. The number of hydrogen-bond acceptors (Lipinski definition) is 12. The molecular weight excluding hydrogens is 1000 g/mol. The van der Waals surface area contributed by atoms with Crippen LogP contribution in [-0.2, 0) is 60.8 Å². The van der Waals surface area contributed by atoms with Crippen molar-refractivity contribution in [2.45, 2.75) is 127 Å². The first-order valence-corrected chi connectivity index (χ1v) is 25.4. The summed E-state index contributed by atoms with van der Waals surface area (Å²) in [6.07, 6.45) is -1.03. The van der Waals surface area contributed by atoms with E-state index in [1.54, 1.807) is 12.3 Å². The number of nitrogens with zero attached hydrogens (tertiary/aromatic N) is 2. The number of benzene rings is 2. The lowest BCUT2D eigenvalue weighted by atomic mass is 9.83. The Bertz CT molecular complexity index is 2650. The topological polar surface area (TPSA) is 440 Å². The molecule has 26 heteroatoms. The van der Waals surface area contributed by atoms with E-state index in [1.807, 2.05) is 18.2 Å². The summed E-state index contributed by atoms with van der Waals surface area (Å²) < 4.78 is 15.4. The van der Waals surface area contributed by atoms with Crippen LogP contribution in [0.25, 0.3) is 10.9 Å². The summed E-state index contributed by atoms with van der Waals surface area (Å²) >= 11 is 0. The molecule has 1 saturated heterocycles. The zero-order valence-corrected chi connectivity index (χ0v) is 43.1. The summed E-state index contributed by atoms with van der Waals surface area (Å²) in [5.74, 6) is -11.4. The molecule has 418 valence electrons. The number of nitrogens with one attached hydrogen (secondary N) is 7. The molecule has 0 radical (unpaired) electrons. The number of H-pyrrole nitrogens is 1. The number of fused-ring (bicyclic) bond motifs is 1. The van der Waals surface area contributed by atoms with Crippen molar-refractivity contribution in [2.24, 2.45) is 56.2 Å². The third kappa shape index (κ3) is 21.0. The van der Waals surface area contributed by atoms with E-state index in [1.165, 1.54) is 25.1 Å². The Kier molecular flexibility index (Phi) is 24.4. The number of nitrogens with two attached hydrogens (primary N) is 6. The van der Waals surface area contributed by atoms with Gasteiger partial charge in [0, 0.05) is 87.6 Å². The zero-order chi connectivity index (χ0) is 56.6. The second kappa shape index (κ2) is 30.8. The van der Waals surface area contributed by atoms with Crippen molar-refractivity contribution < 1.29 is 52.3 Å². The first-order chi connectivity index (χ1) is 36.6. The van der Waals surface area contributed by atoms with Gasteiger partial charge in [0.25, 0.3) is 0 Å². The highest BCUT2D eigenvalue weighted by Gasteiger charge is 2.35. The Morgan fingerprint density at radius 3 is 2.06 bits per heavy atom. The van der Waals surface area contributed by atoms with Crippen molar-refractivity contribution in [3.63, 3.8) is 0 Å². The second-order valence-electron chi connectivity index (χ2n) is 18.9. The van der Waals surface area contributed by atoms with Gasteiger partial charge in [0.15, 0.2) is 17.7 Å². The van der Waals surface area contributed by atoms with Gasteiger partial charge in [0.05, 0.1) is 6.04 Å². The highest BCUT2D eigenvalue weighted by atomic mass is 19.1. The van der Waals surface area contributed by atoms with Crippen LogP contribution in [0.3, 0.4) is 0 Å². The highest BCUT2D eigenvalue weighted by Crippen LogP contribution is 2.26. The van der Waals surface area contributed by atoms with Gasteiger partial charge in [-0.05, 0) is 81.0 Å². The lowest BCUT2D eigenvalue weighted by Gasteiger charge is -2.27. The fraction of sp³-hybridized carbons (Fsp3) is 0.490. The van der Waals surface area contributed by atoms with Gasteiger partial charge in [0.2, 0.25) is 47.3 Å². The van der Waals surface area contributed by atoms with E-state index < -0.39 is 145 Å². The average molecular weight is 1070 g/mol. The number of aromatic amines is 1. The molecule has 7 atom stereocenters. The van der Waals surface area contributed by atoms with Crippen LogP contribution < -0.4 is 66.3 Å². The maximum absolute atomic E-state index is 15.4. The van der Waals surface area contributed by atoms with Crippen LogP contribution in [0.5, 0.6) is 0 Å². The fourth-order valence-corrected chi connectivity index (χ4v) is 8.80. The Hall–Kier alpha value is -8.45. The van der Waals surface area contributed by atoms with E-state index in [-0.39, 0.29) is 88.5 Å². The number of rotatable bonds is 19. The molecule has 19 N–H and O–H groups in total. The molecule has 3 aromatic rings. The molecule has 2 heterocycles.